The van der Waals surface area contributed by atoms with Gasteiger partial charge in [0, 0.05) is 23.7 Å². The van der Waals surface area contributed by atoms with E-state index >= 15 is 0 Å². The number of aromatic nitrogens is 1. The molecule has 5 nitrogen and oxygen atoms in total. The quantitative estimate of drug-likeness (QED) is 0.923. The van der Waals surface area contributed by atoms with Crippen LogP contribution in [0.2, 0.25) is 0 Å². The van der Waals surface area contributed by atoms with Crippen LogP contribution >= 0.6 is 11.3 Å². The number of aryl methyl sites for hydroxylation is 1. The maximum Gasteiger partial charge on any atom is 0.240 e. The summed E-state index contributed by atoms with van der Waals surface area (Å²) in [4.78, 5) is 19.5. The van der Waals surface area contributed by atoms with Crippen molar-refractivity contribution in [2.75, 3.05) is 19.8 Å². The Labute approximate surface area is 136 Å². The number of hydrogen-bond donors (Lipinski definition) is 1. The molecule has 2 unspecified atom stereocenters. The van der Waals surface area contributed by atoms with E-state index in [0.717, 1.165) is 23.9 Å². The van der Waals surface area contributed by atoms with Crippen LogP contribution in [0.15, 0.2) is 5.38 Å². The molecule has 1 saturated heterocycles. The van der Waals surface area contributed by atoms with Crippen LogP contribution in [0.4, 0.5) is 0 Å². The lowest BCUT2D eigenvalue weighted by Gasteiger charge is -2.39. The Morgan fingerprint density at radius 3 is 2.95 bits per heavy atom. The smallest absolute Gasteiger partial charge is 0.240 e. The van der Waals surface area contributed by atoms with E-state index in [1.54, 1.807) is 11.3 Å². The molecule has 0 bridgehead atoms. The van der Waals surface area contributed by atoms with Gasteiger partial charge in [0.2, 0.25) is 5.91 Å². The fourth-order valence-electron chi connectivity index (χ4n) is 3.46. The van der Waals surface area contributed by atoms with Crippen molar-refractivity contribution in [2.45, 2.75) is 57.7 Å². The molecule has 1 aromatic heterocycles. The second kappa shape index (κ2) is 7.06. The predicted octanol–water partition coefficient (Wildman–Crippen LogP) is 2.27. The number of ether oxygens (including phenoxy) is 1. The van der Waals surface area contributed by atoms with E-state index in [9.17, 15) is 4.79 Å². The van der Waals surface area contributed by atoms with Gasteiger partial charge in [0.05, 0.1) is 19.3 Å². The summed E-state index contributed by atoms with van der Waals surface area (Å²) in [6, 6.07) is 0.357. The van der Waals surface area contributed by atoms with Crippen molar-refractivity contribution in [1.29, 1.82) is 0 Å². The minimum absolute atomic E-state index is 0.0430. The summed E-state index contributed by atoms with van der Waals surface area (Å²) >= 11 is 1.60. The second-order valence-corrected chi connectivity index (χ2v) is 7.21. The van der Waals surface area contributed by atoms with E-state index in [-0.39, 0.29) is 18.0 Å². The molecule has 2 aliphatic rings. The maximum atomic E-state index is 12.7. The van der Waals surface area contributed by atoms with Gasteiger partial charge in [-0.3, -0.25) is 9.69 Å². The van der Waals surface area contributed by atoms with Crippen molar-refractivity contribution in [1.82, 2.24) is 15.2 Å². The Bertz CT molecular complexity index is 513. The van der Waals surface area contributed by atoms with E-state index < -0.39 is 0 Å². The van der Waals surface area contributed by atoms with Crippen LogP contribution in [-0.2, 0) is 9.53 Å². The summed E-state index contributed by atoms with van der Waals surface area (Å²) in [6.07, 6.45) is 4.99. The first-order valence-electron chi connectivity index (χ1n) is 8.21. The summed E-state index contributed by atoms with van der Waals surface area (Å²) in [5.74, 6) is 0.0759. The lowest BCUT2D eigenvalue weighted by Crippen LogP contribution is -2.56. The molecule has 2 heterocycles. The summed E-state index contributed by atoms with van der Waals surface area (Å²) in [5, 5.41) is 6.11. The number of amides is 1. The molecule has 1 aliphatic heterocycles. The van der Waals surface area contributed by atoms with Crippen LogP contribution in [0.1, 0.15) is 49.4 Å². The van der Waals surface area contributed by atoms with Crippen molar-refractivity contribution >= 4 is 17.2 Å². The van der Waals surface area contributed by atoms with E-state index in [2.05, 4.69) is 15.2 Å². The van der Waals surface area contributed by atoms with Crippen molar-refractivity contribution < 1.29 is 9.53 Å². The largest absolute Gasteiger partial charge is 0.378 e. The molecule has 6 heteroatoms. The van der Waals surface area contributed by atoms with Crippen LogP contribution < -0.4 is 5.32 Å². The molecule has 2 fully saturated rings. The Balaban J connectivity index is 1.63. The van der Waals surface area contributed by atoms with Gasteiger partial charge in [-0.2, -0.15) is 0 Å². The number of thiazole rings is 1. The van der Waals surface area contributed by atoms with Gasteiger partial charge in [-0.1, -0.05) is 12.8 Å². The Kier molecular flexibility index (Phi) is 5.10. The molecule has 1 aromatic rings. The average molecular weight is 323 g/mol. The first kappa shape index (κ1) is 15.9. The Morgan fingerprint density at radius 1 is 1.50 bits per heavy atom. The molecule has 0 spiro atoms. The molecule has 1 aliphatic carbocycles. The molecular formula is C16H25N3O2S. The zero-order valence-corrected chi connectivity index (χ0v) is 14.2. The first-order valence-corrected chi connectivity index (χ1v) is 9.09. The van der Waals surface area contributed by atoms with Crippen molar-refractivity contribution in [2.24, 2.45) is 0 Å². The third-order valence-corrected chi connectivity index (χ3v) is 5.78. The lowest BCUT2D eigenvalue weighted by atomic mass is 10.1. The number of carbonyl (C=O) groups excluding carboxylic acids is 1. The van der Waals surface area contributed by atoms with Gasteiger partial charge < -0.3 is 10.1 Å². The van der Waals surface area contributed by atoms with Gasteiger partial charge in [0.15, 0.2) is 0 Å². The Morgan fingerprint density at radius 2 is 2.27 bits per heavy atom. The van der Waals surface area contributed by atoms with Crippen molar-refractivity contribution in [3.8, 4) is 0 Å². The number of carbonyl (C=O) groups is 1. The third-order valence-electron chi connectivity index (χ3n) is 4.63. The third kappa shape index (κ3) is 3.50. The van der Waals surface area contributed by atoms with Crippen molar-refractivity contribution in [3.63, 3.8) is 0 Å². The summed E-state index contributed by atoms with van der Waals surface area (Å²) < 4.78 is 5.57. The van der Waals surface area contributed by atoms with Gasteiger partial charge in [-0.15, -0.1) is 11.3 Å². The number of rotatable bonds is 4. The molecule has 1 N–H and O–H groups in total. The lowest BCUT2D eigenvalue weighted by molar-refractivity contribution is -0.135. The molecular weight excluding hydrogens is 298 g/mol. The molecule has 22 heavy (non-hydrogen) atoms. The number of nitrogens with zero attached hydrogens (tertiary/aromatic N) is 2. The highest BCUT2D eigenvalue weighted by molar-refractivity contribution is 7.09. The highest BCUT2D eigenvalue weighted by atomic mass is 32.1. The van der Waals surface area contributed by atoms with Crippen LogP contribution in [0.3, 0.4) is 0 Å². The minimum atomic E-state index is -0.152. The van der Waals surface area contributed by atoms with Crippen molar-refractivity contribution in [3.05, 3.63) is 16.1 Å². The van der Waals surface area contributed by atoms with Gasteiger partial charge >= 0.3 is 0 Å². The standard InChI is InChI=1S/C16H25N3O2S/c1-11-10-22-16(17-11)12(2)18-15(20)14-9-21-8-7-19(14)13-5-3-4-6-13/h10,12-14H,3-9H2,1-2H3,(H,18,20). The summed E-state index contributed by atoms with van der Waals surface area (Å²) in [6.45, 7) is 6.09. The molecule has 3 rings (SSSR count). The topological polar surface area (TPSA) is 54.5 Å². The highest BCUT2D eigenvalue weighted by Crippen LogP contribution is 2.27. The molecule has 2 atom stereocenters. The van der Waals surface area contributed by atoms with E-state index in [0.29, 0.717) is 12.6 Å². The zero-order chi connectivity index (χ0) is 15.5. The first-order chi connectivity index (χ1) is 10.6. The van der Waals surface area contributed by atoms with E-state index in [4.69, 9.17) is 4.74 Å². The van der Waals surface area contributed by atoms with Gasteiger partial charge in [0.25, 0.3) is 0 Å². The second-order valence-electron chi connectivity index (χ2n) is 6.32. The molecule has 1 amide bonds. The van der Waals surface area contributed by atoms with Gasteiger partial charge in [-0.05, 0) is 26.7 Å². The van der Waals surface area contributed by atoms with Crippen LogP contribution in [-0.4, -0.2) is 47.6 Å². The monoisotopic (exact) mass is 323 g/mol. The highest BCUT2D eigenvalue weighted by Gasteiger charge is 2.35. The van der Waals surface area contributed by atoms with E-state index in [1.165, 1.54) is 25.7 Å². The zero-order valence-electron chi connectivity index (χ0n) is 13.4. The van der Waals surface area contributed by atoms with Gasteiger partial charge in [0.1, 0.15) is 11.0 Å². The van der Waals surface area contributed by atoms with E-state index in [1.807, 2.05) is 19.2 Å². The van der Waals surface area contributed by atoms with Crippen LogP contribution in [0.25, 0.3) is 0 Å². The minimum Gasteiger partial charge on any atom is -0.378 e. The average Bonchev–Trinajstić information content (AvgIpc) is 3.18. The number of hydrogen-bond acceptors (Lipinski definition) is 5. The maximum absolute atomic E-state index is 12.7. The summed E-state index contributed by atoms with van der Waals surface area (Å²) in [7, 11) is 0. The summed E-state index contributed by atoms with van der Waals surface area (Å²) in [5.41, 5.74) is 1.01. The van der Waals surface area contributed by atoms with Crippen LogP contribution in [0, 0.1) is 6.92 Å². The van der Waals surface area contributed by atoms with Gasteiger partial charge in [-0.25, -0.2) is 4.98 Å². The van der Waals surface area contributed by atoms with Crippen LogP contribution in [0.5, 0.6) is 0 Å². The number of morpholine rings is 1. The molecule has 122 valence electrons. The fourth-order valence-corrected chi connectivity index (χ4v) is 4.26. The molecule has 0 aromatic carbocycles. The SMILES string of the molecule is Cc1csc(C(C)NC(=O)C2COCCN2C2CCCC2)n1. The Hall–Kier alpha value is -0.980. The molecule has 0 radical (unpaired) electrons. The predicted molar refractivity (Wildman–Crippen MR) is 87.0 cm³/mol. The normalized spacial score (nSPS) is 25.3. The molecule has 1 saturated carbocycles. The number of nitrogens with one attached hydrogen (secondary N) is 1. The fraction of sp³-hybridized carbons (Fsp3) is 0.750.